The van der Waals surface area contributed by atoms with Crippen molar-refractivity contribution in [2.75, 3.05) is 51.1 Å². The first-order chi connectivity index (χ1) is 11.3. The van der Waals surface area contributed by atoms with Crippen LogP contribution in [0.1, 0.15) is 6.42 Å². The number of nitrogens with one attached hydrogen (secondary N) is 1. The summed E-state index contributed by atoms with van der Waals surface area (Å²) in [6.07, 6.45) is 1.19. The van der Waals surface area contributed by atoms with Crippen LogP contribution in [-0.4, -0.2) is 66.0 Å². The third-order valence-electron chi connectivity index (χ3n) is 3.47. The molecular weight excluding hydrogens is 334 g/mol. The molecule has 1 aliphatic rings. The molecule has 24 heavy (non-hydrogen) atoms. The third-order valence-corrected chi connectivity index (χ3v) is 4.66. The summed E-state index contributed by atoms with van der Waals surface area (Å²) in [4.78, 5) is 13.8. The maximum atomic E-state index is 12.1. The van der Waals surface area contributed by atoms with Crippen LogP contribution in [0.4, 0.5) is 5.69 Å². The SMILES string of the molecule is CN(C)CCNC(=O)CCN(c1ccc2c(c1)OCO2)S(C)(=O)=O. The first kappa shape index (κ1) is 18.3. The van der Waals surface area contributed by atoms with Gasteiger partial charge in [-0.2, -0.15) is 0 Å². The summed E-state index contributed by atoms with van der Waals surface area (Å²) in [5.41, 5.74) is 0.447. The molecule has 0 radical (unpaired) electrons. The lowest BCUT2D eigenvalue weighted by molar-refractivity contribution is -0.120. The van der Waals surface area contributed by atoms with Gasteiger partial charge in [-0.05, 0) is 26.2 Å². The van der Waals surface area contributed by atoms with E-state index in [1.165, 1.54) is 4.31 Å². The van der Waals surface area contributed by atoms with Crippen LogP contribution in [0.5, 0.6) is 11.5 Å². The molecule has 0 aliphatic carbocycles. The van der Waals surface area contributed by atoms with Crippen LogP contribution in [0.25, 0.3) is 0 Å². The Morgan fingerprint density at radius 1 is 1.21 bits per heavy atom. The second-order valence-electron chi connectivity index (χ2n) is 5.78. The summed E-state index contributed by atoms with van der Waals surface area (Å²) >= 11 is 0. The van der Waals surface area contributed by atoms with Gasteiger partial charge in [0.15, 0.2) is 11.5 Å². The van der Waals surface area contributed by atoms with Gasteiger partial charge in [0, 0.05) is 32.1 Å². The topological polar surface area (TPSA) is 88.2 Å². The highest BCUT2D eigenvalue weighted by Crippen LogP contribution is 2.36. The second kappa shape index (κ2) is 7.71. The van der Waals surface area contributed by atoms with Crippen LogP contribution in [0.2, 0.25) is 0 Å². The van der Waals surface area contributed by atoms with Gasteiger partial charge >= 0.3 is 0 Å². The first-order valence-corrected chi connectivity index (χ1v) is 9.41. The average molecular weight is 357 g/mol. The molecule has 8 nitrogen and oxygen atoms in total. The molecule has 2 rings (SSSR count). The molecule has 0 aromatic heterocycles. The van der Waals surface area contributed by atoms with Crippen LogP contribution in [0.15, 0.2) is 18.2 Å². The van der Waals surface area contributed by atoms with Crippen molar-refractivity contribution in [2.45, 2.75) is 6.42 Å². The van der Waals surface area contributed by atoms with E-state index in [0.717, 1.165) is 12.8 Å². The van der Waals surface area contributed by atoms with E-state index < -0.39 is 10.0 Å². The standard InChI is InChI=1S/C15H23N3O5S/c1-17(2)9-7-16-15(19)6-8-18(24(3,20)21)12-4-5-13-14(10-12)23-11-22-13/h4-5,10H,6-9,11H2,1-3H3,(H,16,19). The lowest BCUT2D eigenvalue weighted by Gasteiger charge is -2.22. The molecule has 0 bridgehead atoms. The first-order valence-electron chi connectivity index (χ1n) is 7.56. The van der Waals surface area contributed by atoms with Crippen LogP contribution >= 0.6 is 0 Å². The van der Waals surface area contributed by atoms with Gasteiger partial charge in [-0.3, -0.25) is 9.10 Å². The van der Waals surface area contributed by atoms with Gasteiger partial charge < -0.3 is 19.7 Å². The number of hydrogen-bond acceptors (Lipinski definition) is 6. The van der Waals surface area contributed by atoms with Crippen molar-refractivity contribution in [2.24, 2.45) is 0 Å². The lowest BCUT2D eigenvalue weighted by atomic mass is 10.2. The number of fused-ring (bicyclic) bond motifs is 1. The number of rotatable bonds is 8. The molecule has 1 heterocycles. The van der Waals surface area contributed by atoms with Crippen LogP contribution in [-0.2, 0) is 14.8 Å². The summed E-state index contributed by atoms with van der Waals surface area (Å²) in [6.45, 7) is 1.43. The zero-order valence-corrected chi connectivity index (χ0v) is 14.9. The molecule has 0 fully saturated rings. The highest BCUT2D eigenvalue weighted by atomic mass is 32.2. The number of likely N-dealkylation sites (N-methyl/N-ethyl adjacent to an activating group) is 1. The molecule has 0 saturated carbocycles. The molecule has 1 aliphatic heterocycles. The highest BCUT2D eigenvalue weighted by Gasteiger charge is 2.22. The van der Waals surface area contributed by atoms with Gasteiger partial charge in [0.05, 0.1) is 11.9 Å². The fourth-order valence-electron chi connectivity index (χ4n) is 2.24. The number of ether oxygens (including phenoxy) is 2. The quantitative estimate of drug-likeness (QED) is 0.717. The molecule has 1 N–H and O–H groups in total. The maximum Gasteiger partial charge on any atom is 0.232 e. The molecule has 1 aromatic rings. The van der Waals surface area contributed by atoms with E-state index in [1.807, 2.05) is 19.0 Å². The lowest BCUT2D eigenvalue weighted by Crippen LogP contribution is -2.36. The zero-order chi connectivity index (χ0) is 17.7. The number of carbonyl (C=O) groups excluding carboxylic acids is 1. The third kappa shape index (κ3) is 5.00. The van der Waals surface area contributed by atoms with Crippen molar-refractivity contribution in [1.82, 2.24) is 10.2 Å². The van der Waals surface area contributed by atoms with Gasteiger partial charge in [0.2, 0.25) is 22.7 Å². The second-order valence-corrected chi connectivity index (χ2v) is 7.68. The van der Waals surface area contributed by atoms with Gasteiger partial charge in [-0.15, -0.1) is 0 Å². The van der Waals surface area contributed by atoms with Crippen LogP contribution in [0.3, 0.4) is 0 Å². The molecule has 0 unspecified atom stereocenters. The minimum atomic E-state index is -3.52. The van der Waals surface area contributed by atoms with Crippen molar-refractivity contribution in [3.05, 3.63) is 18.2 Å². The Morgan fingerprint density at radius 2 is 1.92 bits per heavy atom. The monoisotopic (exact) mass is 357 g/mol. The fourth-order valence-corrected chi connectivity index (χ4v) is 3.16. The van der Waals surface area contributed by atoms with Crippen molar-refractivity contribution in [3.63, 3.8) is 0 Å². The van der Waals surface area contributed by atoms with Crippen molar-refractivity contribution >= 4 is 21.6 Å². The van der Waals surface area contributed by atoms with E-state index in [2.05, 4.69) is 5.32 Å². The fraction of sp³-hybridized carbons (Fsp3) is 0.533. The van der Waals surface area contributed by atoms with Gasteiger partial charge in [0.1, 0.15) is 0 Å². The Kier molecular flexibility index (Phi) is 5.89. The maximum absolute atomic E-state index is 12.1. The summed E-state index contributed by atoms with van der Waals surface area (Å²) in [7, 11) is 0.311. The van der Waals surface area contributed by atoms with E-state index in [0.29, 0.717) is 23.7 Å². The number of anilines is 1. The van der Waals surface area contributed by atoms with E-state index in [-0.39, 0.29) is 25.7 Å². The number of amides is 1. The average Bonchev–Trinajstić information content (AvgIpc) is 2.93. The minimum absolute atomic E-state index is 0.0618. The van der Waals surface area contributed by atoms with Crippen LogP contribution in [0, 0.1) is 0 Å². The van der Waals surface area contributed by atoms with Crippen LogP contribution < -0.4 is 19.1 Å². The van der Waals surface area contributed by atoms with E-state index in [1.54, 1.807) is 18.2 Å². The number of benzene rings is 1. The normalized spacial score (nSPS) is 13.2. The summed E-state index contributed by atoms with van der Waals surface area (Å²) in [6, 6.07) is 4.90. The number of sulfonamides is 1. The van der Waals surface area contributed by atoms with Gasteiger partial charge in [0.25, 0.3) is 0 Å². The van der Waals surface area contributed by atoms with E-state index >= 15 is 0 Å². The molecule has 0 saturated heterocycles. The van der Waals surface area contributed by atoms with Gasteiger partial charge in [-0.1, -0.05) is 0 Å². The highest BCUT2D eigenvalue weighted by molar-refractivity contribution is 7.92. The molecule has 0 atom stereocenters. The predicted molar refractivity (Wildman–Crippen MR) is 90.9 cm³/mol. The van der Waals surface area contributed by atoms with Crippen molar-refractivity contribution < 1.29 is 22.7 Å². The molecule has 1 aromatic carbocycles. The number of nitrogens with zero attached hydrogens (tertiary/aromatic N) is 2. The molecule has 0 spiro atoms. The molecule has 134 valence electrons. The number of hydrogen-bond donors (Lipinski definition) is 1. The molecule has 1 amide bonds. The summed E-state index contributed by atoms with van der Waals surface area (Å²) in [5, 5.41) is 2.77. The van der Waals surface area contributed by atoms with Crippen molar-refractivity contribution in [3.8, 4) is 11.5 Å². The Balaban J connectivity index is 2.01. The van der Waals surface area contributed by atoms with E-state index in [9.17, 15) is 13.2 Å². The summed E-state index contributed by atoms with van der Waals surface area (Å²) in [5.74, 6) is 0.886. The van der Waals surface area contributed by atoms with Crippen molar-refractivity contribution in [1.29, 1.82) is 0 Å². The Bertz CT molecular complexity index is 690. The molecular formula is C15H23N3O5S. The Hall–Kier alpha value is -2.00. The van der Waals surface area contributed by atoms with Gasteiger partial charge in [-0.25, -0.2) is 8.42 Å². The Labute approximate surface area is 142 Å². The number of carbonyl (C=O) groups is 1. The molecule has 9 heteroatoms. The zero-order valence-electron chi connectivity index (χ0n) is 14.1. The smallest absolute Gasteiger partial charge is 0.232 e. The minimum Gasteiger partial charge on any atom is -0.454 e. The predicted octanol–water partition coefficient (Wildman–Crippen LogP) is 0.249. The van der Waals surface area contributed by atoms with E-state index in [4.69, 9.17) is 9.47 Å². The Morgan fingerprint density at radius 3 is 2.58 bits per heavy atom. The largest absolute Gasteiger partial charge is 0.454 e. The summed E-state index contributed by atoms with van der Waals surface area (Å²) < 4.78 is 35.8.